The van der Waals surface area contributed by atoms with Crippen molar-refractivity contribution in [1.82, 2.24) is 9.97 Å². The van der Waals surface area contributed by atoms with Crippen molar-refractivity contribution < 1.29 is 19.1 Å². The van der Waals surface area contributed by atoms with Crippen molar-refractivity contribution >= 4 is 11.6 Å². The molecule has 0 aliphatic carbocycles. The number of anilines is 1. The number of amides is 1. The molecule has 0 saturated carbocycles. The molecule has 1 aliphatic rings. The van der Waals surface area contributed by atoms with E-state index >= 15 is 0 Å². The van der Waals surface area contributed by atoms with Gasteiger partial charge in [0.15, 0.2) is 0 Å². The molecule has 0 bridgehead atoms. The molecule has 2 aromatic rings. The fourth-order valence-corrected chi connectivity index (χ4v) is 2.33. The Balaban J connectivity index is 1.91. The fraction of sp³-hybridized carbons (Fsp3) is 0.267. The summed E-state index contributed by atoms with van der Waals surface area (Å²) in [5.41, 5.74) is 6.64. The molecular formula is C15H15FN4O3. The number of aryl methyl sites for hydroxylation is 1. The number of nitrogens with zero attached hydrogens (tertiary/aromatic N) is 3. The second-order valence-electron chi connectivity index (χ2n) is 5.15. The summed E-state index contributed by atoms with van der Waals surface area (Å²) in [6.45, 7) is 1.85. The number of nitrogens with two attached hydrogens (primary N) is 1. The summed E-state index contributed by atoms with van der Waals surface area (Å²) < 4.78 is 19.2. The van der Waals surface area contributed by atoms with Gasteiger partial charge < -0.3 is 10.5 Å². The van der Waals surface area contributed by atoms with Crippen molar-refractivity contribution in [3.63, 3.8) is 0 Å². The molecular weight excluding hydrogens is 303 g/mol. The summed E-state index contributed by atoms with van der Waals surface area (Å²) in [5, 5.41) is 10.3. The first-order valence-electron chi connectivity index (χ1n) is 7.10. The third-order valence-electron chi connectivity index (χ3n) is 3.54. The number of hydroxylamine groups is 1. The first-order chi connectivity index (χ1) is 11.0. The summed E-state index contributed by atoms with van der Waals surface area (Å²) in [6, 6.07) is 3.79. The van der Waals surface area contributed by atoms with Crippen LogP contribution in [-0.2, 0) is 17.6 Å². The lowest BCUT2D eigenvalue weighted by Gasteiger charge is -2.27. The molecule has 7 nitrogen and oxygen atoms in total. The molecule has 1 atom stereocenters. The lowest BCUT2D eigenvalue weighted by atomic mass is 9.99. The van der Waals surface area contributed by atoms with Crippen molar-refractivity contribution in [2.24, 2.45) is 5.73 Å². The lowest BCUT2D eigenvalue weighted by molar-refractivity contribution is -0.125. The van der Waals surface area contributed by atoms with Crippen LogP contribution in [0.5, 0.6) is 11.6 Å². The second-order valence-corrected chi connectivity index (χ2v) is 5.15. The summed E-state index contributed by atoms with van der Waals surface area (Å²) in [4.78, 5) is 19.5. The predicted octanol–water partition coefficient (Wildman–Crippen LogP) is 1.58. The van der Waals surface area contributed by atoms with Crippen molar-refractivity contribution in [1.29, 1.82) is 0 Å². The van der Waals surface area contributed by atoms with E-state index in [-0.39, 0.29) is 12.3 Å². The zero-order valence-electron chi connectivity index (χ0n) is 12.4. The standard InChI is InChI=1S/C15H15FN4O3/c1-2-13-18-7-10(16)14(19-13)23-9-3-4-12-8(5-9)6-11(17)15(21)20(12)22/h3-5,7,11,22H,2,6,17H2,1H3. The molecule has 1 aliphatic heterocycles. The Morgan fingerprint density at radius 3 is 3.04 bits per heavy atom. The monoisotopic (exact) mass is 318 g/mol. The van der Waals surface area contributed by atoms with Crippen LogP contribution in [0.2, 0.25) is 0 Å². The maximum absolute atomic E-state index is 13.7. The smallest absolute Gasteiger partial charge is 0.267 e. The quantitative estimate of drug-likeness (QED) is 0.833. The van der Waals surface area contributed by atoms with Gasteiger partial charge in [-0.05, 0) is 30.2 Å². The number of ether oxygens (including phenoxy) is 1. The Labute approximate surface area is 131 Å². The van der Waals surface area contributed by atoms with Crippen LogP contribution < -0.4 is 15.5 Å². The van der Waals surface area contributed by atoms with Crippen LogP contribution in [0.15, 0.2) is 24.4 Å². The van der Waals surface area contributed by atoms with Gasteiger partial charge in [0.05, 0.1) is 17.9 Å². The molecule has 0 fully saturated rings. The first kappa shape index (κ1) is 15.3. The first-order valence-corrected chi connectivity index (χ1v) is 7.10. The van der Waals surface area contributed by atoms with E-state index in [4.69, 9.17) is 10.5 Å². The van der Waals surface area contributed by atoms with Crippen LogP contribution in [0, 0.1) is 5.82 Å². The molecule has 0 saturated heterocycles. The minimum absolute atomic E-state index is 0.172. The van der Waals surface area contributed by atoms with Gasteiger partial charge in [-0.15, -0.1) is 0 Å². The topological polar surface area (TPSA) is 102 Å². The van der Waals surface area contributed by atoms with Crippen molar-refractivity contribution in [2.75, 3.05) is 5.06 Å². The number of fused-ring (bicyclic) bond motifs is 1. The summed E-state index contributed by atoms with van der Waals surface area (Å²) in [5.74, 6) is -0.614. The zero-order chi connectivity index (χ0) is 16.6. The number of halogens is 1. The molecule has 3 rings (SSSR count). The zero-order valence-corrected chi connectivity index (χ0v) is 12.4. The molecule has 0 radical (unpaired) electrons. The predicted molar refractivity (Wildman–Crippen MR) is 78.8 cm³/mol. The van der Waals surface area contributed by atoms with E-state index in [2.05, 4.69) is 9.97 Å². The molecule has 23 heavy (non-hydrogen) atoms. The largest absolute Gasteiger partial charge is 0.436 e. The van der Waals surface area contributed by atoms with E-state index in [0.717, 1.165) is 6.20 Å². The molecule has 1 aromatic heterocycles. The maximum Gasteiger partial charge on any atom is 0.267 e. The fourth-order valence-electron chi connectivity index (χ4n) is 2.33. The van der Waals surface area contributed by atoms with Crippen molar-refractivity contribution in [3.05, 3.63) is 41.6 Å². The lowest BCUT2D eigenvalue weighted by Crippen LogP contribution is -2.47. The number of hydrogen-bond acceptors (Lipinski definition) is 6. The third kappa shape index (κ3) is 2.86. The van der Waals surface area contributed by atoms with Crippen LogP contribution in [0.4, 0.5) is 10.1 Å². The third-order valence-corrected chi connectivity index (χ3v) is 3.54. The van der Waals surface area contributed by atoms with E-state index in [1.54, 1.807) is 6.07 Å². The maximum atomic E-state index is 13.7. The highest BCUT2D eigenvalue weighted by atomic mass is 19.1. The summed E-state index contributed by atoms with van der Waals surface area (Å²) in [7, 11) is 0. The molecule has 2 heterocycles. The number of carbonyl (C=O) groups is 1. The minimum Gasteiger partial charge on any atom is -0.436 e. The molecule has 120 valence electrons. The number of benzene rings is 1. The molecule has 1 unspecified atom stereocenters. The molecule has 0 spiro atoms. The van der Waals surface area contributed by atoms with Crippen LogP contribution in [-0.4, -0.2) is 27.1 Å². The SMILES string of the molecule is CCc1ncc(F)c(Oc2ccc3c(c2)CC(N)C(=O)N3O)n1. The Kier molecular flexibility index (Phi) is 3.93. The highest BCUT2D eigenvalue weighted by molar-refractivity contribution is 5.98. The molecule has 3 N–H and O–H groups in total. The van der Waals surface area contributed by atoms with Gasteiger partial charge >= 0.3 is 0 Å². The van der Waals surface area contributed by atoms with Crippen LogP contribution in [0.3, 0.4) is 0 Å². The number of rotatable bonds is 3. The molecule has 1 amide bonds. The highest BCUT2D eigenvalue weighted by Crippen LogP contribution is 2.31. The van der Waals surface area contributed by atoms with Gasteiger partial charge in [0, 0.05) is 6.42 Å². The normalized spacial score (nSPS) is 17.1. The Hall–Kier alpha value is -2.58. The van der Waals surface area contributed by atoms with Crippen LogP contribution >= 0.6 is 0 Å². The van der Waals surface area contributed by atoms with Crippen LogP contribution in [0.25, 0.3) is 0 Å². The number of carbonyl (C=O) groups excluding carboxylic acids is 1. The van der Waals surface area contributed by atoms with Gasteiger partial charge in [0.2, 0.25) is 5.82 Å². The second kappa shape index (κ2) is 5.90. The van der Waals surface area contributed by atoms with Gasteiger partial charge in [-0.3, -0.25) is 10.0 Å². The molecule has 8 heteroatoms. The number of aromatic nitrogens is 2. The summed E-state index contributed by atoms with van der Waals surface area (Å²) >= 11 is 0. The van der Waals surface area contributed by atoms with Gasteiger partial charge in [0.1, 0.15) is 11.6 Å². The van der Waals surface area contributed by atoms with Crippen LogP contribution in [0.1, 0.15) is 18.3 Å². The van der Waals surface area contributed by atoms with Gasteiger partial charge in [-0.2, -0.15) is 14.4 Å². The Morgan fingerprint density at radius 1 is 1.52 bits per heavy atom. The van der Waals surface area contributed by atoms with Gasteiger partial charge in [-0.1, -0.05) is 6.92 Å². The molecule has 1 aromatic carbocycles. The van der Waals surface area contributed by atoms with Gasteiger partial charge in [-0.25, -0.2) is 4.98 Å². The average Bonchev–Trinajstić information content (AvgIpc) is 2.54. The van der Waals surface area contributed by atoms with Crippen molar-refractivity contribution in [2.45, 2.75) is 25.8 Å². The average molecular weight is 318 g/mol. The minimum atomic E-state index is -0.828. The van der Waals surface area contributed by atoms with Gasteiger partial charge in [0.25, 0.3) is 11.8 Å². The van der Waals surface area contributed by atoms with Crippen molar-refractivity contribution in [3.8, 4) is 11.6 Å². The number of hydrogen-bond donors (Lipinski definition) is 2. The Bertz CT molecular complexity index is 768. The van der Waals surface area contributed by atoms with E-state index in [1.807, 2.05) is 6.92 Å². The van der Waals surface area contributed by atoms with E-state index in [1.165, 1.54) is 12.1 Å². The van der Waals surface area contributed by atoms with E-state index in [0.29, 0.717) is 34.3 Å². The van der Waals surface area contributed by atoms with E-state index in [9.17, 15) is 14.4 Å². The highest BCUT2D eigenvalue weighted by Gasteiger charge is 2.30. The Morgan fingerprint density at radius 2 is 2.30 bits per heavy atom. The summed E-state index contributed by atoms with van der Waals surface area (Å²) in [6.07, 6.45) is 1.87. The van der Waals surface area contributed by atoms with E-state index < -0.39 is 17.8 Å².